The zero-order chi connectivity index (χ0) is 19.8. The number of aryl methyl sites for hydroxylation is 3. The molecule has 2 aromatic carbocycles. The van der Waals surface area contributed by atoms with Crippen LogP contribution in [0, 0.1) is 20.8 Å². The van der Waals surface area contributed by atoms with Gasteiger partial charge in [0.25, 0.3) is 0 Å². The number of hydrogen-bond donors (Lipinski definition) is 2. The van der Waals surface area contributed by atoms with Crippen LogP contribution >= 0.6 is 0 Å². The van der Waals surface area contributed by atoms with Crippen LogP contribution in [-0.2, 0) is 10.0 Å². The van der Waals surface area contributed by atoms with Crippen LogP contribution in [0.15, 0.2) is 47.5 Å². The van der Waals surface area contributed by atoms with Gasteiger partial charge < -0.3 is 4.98 Å². The number of sulfonamides is 1. The minimum absolute atomic E-state index is 0.0512. The number of hydrogen-bond acceptors (Lipinski definition) is 2. The molecule has 0 amide bonds. The largest absolute Gasteiger partial charge is 0.361 e. The predicted molar refractivity (Wildman–Crippen MR) is 112 cm³/mol. The maximum Gasteiger partial charge on any atom is 0.241 e. The van der Waals surface area contributed by atoms with Crippen molar-refractivity contribution in [2.75, 3.05) is 0 Å². The highest BCUT2D eigenvalue weighted by Crippen LogP contribution is 2.30. The average Bonchev–Trinajstić information content (AvgIpc) is 3.06. The molecule has 4 nitrogen and oxygen atoms in total. The summed E-state index contributed by atoms with van der Waals surface area (Å²) < 4.78 is 29.4. The second-order valence-corrected chi connectivity index (χ2v) is 9.09. The number of nitrogens with one attached hydrogen (secondary N) is 2. The fraction of sp³-hybridized carbons (Fsp3) is 0.364. The van der Waals surface area contributed by atoms with E-state index in [1.807, 2.05) is 58.2 Å². The summed E-state index contributed by atoms with van der Waals surface area (Å²) >= 11 is 0. The molecule has 1 aromatic heterocycles. The molecular formula is C22H28N2O2S. The van der Waals surface area contributed by atoms with Crippen molar-refractivity contribution in [2.24, 2.45) is 0 Å². The first kappa shape index (κ1) is 19.6. The normalized spacial score (nSPS) is 14.4. The van der Waals surface area contributed by atoms with Gasteiger partial charge in [0, 0.05) is 23.1 Å². The molecule has 2 atom stereocenters. The second-order valence-electron chi connectivity index (χ2n) is 7.44. The minimum Gasteiger partial charge on any atom is -0.361 e. The van der Waals surface area contributed by atoms with Crippen molar-refractivity contribution in [3.63, 3.8) is 0 Å². The Balaban J connectivity index is 1.96. The highest BCUT2D eigenvalue weighted by Gasteiger charge is 2.27. The molecule has 2 N–H and O–H groups in total. The fourth-order valence-corrected chi connectivity index (χ4v) is 5.96. The zero-order valence-electron chi connectivity index (χ0n) is 16.6. The summed E-state index contributed by atoms with van der Waals surface area (Å²) in [6.07, 6.45) is 2.64. The summed E-state index contributed by atoms with van der Waals surface area (Å²) in [6, 6.07) is 11.8. The predicted octanol–water partition coefficient (Wildman–Crippen LogP) is 4.95. The molecule has 1 unspecified atom stereocenters. The van der Waals surface area contributed by atoms with Crippen LogP contribution in [-0.4, -0.2) is 19.4 Å². The number of aromatic amines is 1. The molecule has 5 heteroatoms. The standard InChI is InChI=1S/C22H28N2O2S/c1-6-20(17(5)18-8-7-9-21-19(18)10-11-23-21)24-27(25,26)22-15(3)12-14(2)13-16(22)4/h7-13,17,20,23-24H,6H2,1-5H3/t17?,20-/m0/s1. The minimum atomic E-state index is -3.60. The summed E-state index contributed by atoms with van der Waals surface area (Å²) in [5, 5.41) is 1.14. The number of aromatic nitrogens is 1. The smallest absolute Gasteiger partial charge is 0.241 e. The highest BCUT2D eigenvalue weighted by molar-refractivity contribution is 7.89. The second kappa shape index (κ2) is 7.49. The van der Waals surface area contributed by atoms with Gasteiger partial charge in [-0.1, -0.05) is 43.7 Å². The van der Waals surface area contributed by atoms with Gasteiger partial charge in [-0.25, -0.2) is 13.1 Å². The van der Waals surface area contributed by atoms with Gasteiger partial charge in [-0.2, -0.15) is 0 Å². The number of benzene rings is 2. The van der Waals surface area contributed by atoms with Crippen LogP contribution in [0.1, 0.15) is 48.4 Å². The lowest BCUT2D eigenvalue weighted by Crippen LogP contribution is -2.38. The molecule has 0 aliphatic heterocycles. The van der Waals surface area contributed by atoms with Crippen molar-refractivity contribution in [2.45, 2.75) is 57.9 Å². The maximum atomic E-state index is 13.2. The number of H-pyrrole nitrogens is 1. The van der Waals surface area contributed by atoms with E-state index in [2.05, 4.69) is 28.8 Å². The van der Waals surface area contributed by atoms with Gasteiger partial charge in [-0.15, -0.1) is 0 Å². The van der Waals surface area contributed by atoms with Crippen LogP contribution in [0.5, 0.6) is 0 Å². The fourth-order valence-electron chi connectivity index (χ4n) is 4.11. The zero-order valence-corrected chi connectivity index (χ0v) is 17.4. The molecule has 0 saturated heterocycles. The van der Waals surface area contributed by atoms with Crippen molar-refractivity contribution in [1.82, 2.24) is 9.71 Å². The highest BCUT2D eigenvalue weighted by atomic mass is 32.2. The average molecular weight is 385 g/mol. The number of rotatable bonds is 6. The Hall–Kier alpha value is -2.11. The molecule has 3 aromatic rings. The SMILES string of the molecule is CC[C@H](NS(=O)(=O)c1c(C)cc(C)cc1C)C(C)c1cccc2[nH]ccc12. The topological polar surface area (TPSA) is 62.0 Å². The van der Waals surface area contributed by atoms with Gasteiger partial charge in [0.05, 0.1) is 4.90 Å². The number of fused-ring (bicyclic) bond motifs is 1. The Labute approximate surface area is 162 Å². The van der Waals surface area contributed by atoms with Crippen LogP contribution in [0.25, 0.3) is 10.9 Å². The lowest BCUT2D eigenvalue weighted by atomic mass is 9.90. The van der Waals surface area contributed by atoms with Crippen molar-refractivity contribution in [3.05, 3.63) is 64.8 Å². The summed E-state index contributed by atoms with van der Waals surface area (Å²) in [6.45, 7) is 9.82. The van der Waals surface area contributed by atoms with E-state index in [9.17, 15) is 8.42 Å². The molecule has 144 valence electrons. The Morgan fingerprint density at radius 1 is 1.07 bits per heavy atom. The van der Waals surface area contributed by atoms with E-state index in [4.69, 9.17) is 0 Å². The van der Waals surface area contributed by atoms with Crippen LogP contribution < -0.4 is 4.72 Å². The maximum absolute atomic E-state index is 13.2. The van der Waals surface area contributed by atoms with Gasteiger partial charge in [0.2, 0.25) is 10.0 Å². The Kier molecular flexibility index (Phi) is 5.45. The monoisotopic (exact) mass is 384 g/mol. The van der Waals surface area contributed by atoms with Gasteiger partial charge in [-0.05, 0) is 61.9 Å². The van der Waals surface area contributed by atoms with Crippen LogP contribution in [0.4, 0.5) is 0 Å². The molecule has 0 fully saturated rings. The summed E-state index contributed by atoms with van der Waals surface area (Å²) in [5.74, 6) is 0.0512. The van der Waals surface area contributed by atoms with Gasteiger partial charge in [-0.3, -0.25) is 0 Å². The first-order chi connectivity index (χ1) is 12.7. The van der Waals surface area contributed by atoms with Crippen molar-refractivity contribution in [3.8, 4) is 0 Å². The molecule has 0 spiro atoms. The summed E-state index contributed by atoms with van der Waals surface area (Å²) in [4.78, 5) is 3.63. The molecular weight excluding hydrogens is 356 g/mol. The molecule has 0 aliphatic rings. The van der Waals surface area contributed by atoms with Crippen LogP contribution in [0.2, 0.25) is 0 Å². The molecule has 0 radical (unpaired) electrons. The molecule has 1 heterocycles. The lowest BCUT2D eigenvalue weighted by Gasteiger charge is -2.26. The molecule has 0 saturated carbocycles. The molecule has 27 heavy (non-hydrogen) atoms. The Morgan fingerprint density at radius 3 is 2.37 bits per heavy atom. The third-order valence-corrected chi connectivity index (χ3v) is 7.14. The molecule has 0 bridgehead atoms. The lowest BCUT2D eigenvalue weighted by molar-refractivity contribution is 0.490. The Morgan fingerprint density at radius 2 is 1.74 bits per heavy atom. The third-order valence-electron chi connectivity index (χ3n) is 5.34. The van der Waals surface area contributed by atoms with E-state index in [1.165, 1.54) is 0 Å². The summed E-state index contributed by atoms with van der Waals surface area (Å²) in [5.41, 5.74) is 4.87. The van der Waals surface area contributed by atoms with Gasteiger partial charge in [0.15, 0.2) is 0 Å². The summed E-state index contributed by atoms with van der Waals surface area (Å²) in [7, 11) is -3.60. The molecule has 3 rings (SSSR count). The van der Waals surface area contributed by atoms with E-state index < -0.39 is 10.0 Å². The first-order valence-electron chi connectivity index (χ1n) is 9.40. The third kappa shape index (κ3) is 3.80. The van der Waals surface area contributed by atoms with Gasteiger partial charge in [0.1, 0.15) is 0 Å². The van der Waals surface area contributed by atoms with Crippen LogP contribution in [0.3, 0.4) is 0 Å². The van der Waals surface area contributed by atoms with E-state index in [0.29, 0.717) is 11.3 Å². The van der Waals surface area contributed by atoms with E-state index >= 15 is 0 Å². The van der Waals surface area contributed by atoms with E-state index in [1.54, 1.807) is 0 Å². The van der Waals surface area contributed by atoms with Crippen molar-refractivity contribution >= 4 is 20.9 Å². The quantitative estimate of drug-likeness (QED) is 0.631. The van der Waals surface area contributed by atoms with E-state index in [-0.39, 0.29) is 12.0 Å². The molecule has 0 aliphatic carbocycles. The van der Waals surface area contributed by atoms with Crippen molar-refractivity contribution < 1.29 is 8.42 Å². The first-order valence-corrected chi connectivity index (χ1v) is 10.9. The van der Waals surface area contributed by atoms with Gasteiger partial charge >= 0.3 is 0 Å². The van der Waals surface area contributed by atoms with Crippen molar-refractivity contribution in [1.29, 1.82) is 0 Å². The van der Waals surface area contributed by atoms with E-state index in [0.717, 1.165) is 33.2 Å². The Bertz CT molecular complexity index is 1040.